The number of aliphatic hydroxyl groups excluding tert-OH is 1. The number of carbonyl (C=O) groups excluding carboxylic acids is 1. The van der Waals surface area contributed by atoms with Crippen LogP contribution in [-0.4, -0.2) is 46.6 Å². The molecule has 0 aromatic carbocycles. The summed E-state index contributed by atoms with van der Waals surface area (Å²) < 4.78 is 0. The molecule has 0 radical (unpaired) electrons. The van der Waals surface area contributed by atoms with E-state index in [-0.39, 0.29) is 18.6 Å². The molecule has 0 unspecified atom stereocenters. The van der Waals surface area contributed by atoms with Crippen LogP contribution in [-0.2, 0) is 0 Å². The van der Waals surface area contributed by atoms with Crippen molar-refractivity contribution < 1.29 is 9.90 Å². The van der Waals surface area contributed by atoms with Crippen LogP contribution in [0.1, 0.15) is 49.4 Å². The number of pyridine rings is 1. The number of carbonyl (C=O) groups is 1. The van der Waals surface area contributed by atoms with E-state index in [2.05, 4.69) is 17.2 Å². The molecule has 1 heterocycles. The minimum atomic E-state index is -0.00195. The van der Waals surface area contributed by atoms with Gasteiger partial charge in [0, 0.05) is 30.9 Å². The van der Waals surface area contributed by atoms with Gasteiger partial charge < -0.3 is 15.3 Å². The van der Waals surface area contributed by atoms with E-state index >= 15 is 0 Å². The lowest BCUT2D eigenvalue weighted by molar-refractivity contribution is 0.0638. The fourth-order valence-corrected chi connectivity index (χ4v) is 2.85. The molecule has 0 atom stereocenters. The Morgan fingerprint density at radius 3 is 2.90 bits per heavy atom. The largest absolute Gasteiger partial charge is 0.395 e. The van der Waals surface area contributed by atoms with Crippen molar-refractivity contribution in [3.8, 4) is 0 Å². The topological polar surface area (TPSA) is 65.5 Å². The van der Waals surface area contributed by atoms with Crippen molar-refractivity contribution in [1.82, 2.24) is 9.88 Å². The maximum Gasteiger partial charge on any atom is 0.254 e. The fourth-order valence-electron chi connectivity index (χ4n) is 2.85. The number of rotatable bonds is 7. The van der Waals surface area contributed by atoms with Gasteiger partial charge in [0.15, 0.2) is 0 Å². The molecule has 116 valence electrons. The third-order valence-electron chi connectivity index (χ3n) is 3.93. The molecule has 0 saturated heterocycles. The van der Waals surface area contributed by atoms with Gasteiger partial charge in [0.25, 0.3) is 5.91 Å². The molecule has 2 rings (SSSR count). The van der Waals surface area contributed by atoms with Crippen molar-refractivity contribution in [2.24, 2.45) is 0 Å². The Labute approximate surface area is 126 Å². The number of hydrogen-bond acceptors (Lipinski definition) is 4. The maximum atomic E-state index is 12.7. The van der Waals surface area contributed by atoms with Gasteiger partial charge in [0.2, 0.25) is 0 Å². The Morgan fingerprint density at radius 1 is 1.48 bits per heavy atom. The molecule has 21 heavy (non-hydrogen) atoms. The standard InChI is InChI=1S/C16H25N3O2/c1-2-8-17-15-12-13(7-9-18-15)16(21)19(10-11-20)14-5-3-4-6-14/h7,9,12,14,20H,2-6,8,10-11H2,1H3,(H,17,18). The molecule has 0 bridgehead atoms. The van der Waals surface area contributed by atoms with Gasteiger partial charge in [-0.1, -0.05) is 19.8 Å². The van der Waals surface area contributed by atoms with Crippen molar-refractivity contribution in [3.63, 3.8) is 0 Å². The second-order valence-electron chi connectivity index (χ2n) is 5.52. The fraction of sp³-hybridized carbons (Fsp3) is 0.625. The van der Waals surface area contributed by atoms with Gasteiger partial charge in [-0.3, -0.25) is 4.79 Å². The van der Waals surface area contributed by atoms with E-state index < -0.39 is 0 Å². The van der Waals surface area contributed by atoms with Gasteiger partial charge in [-0.05, 0) is 31.4 Å². The van der Waals surface area contributed by atoms with E-state index in [0.29, 0.717) is 12.1 Å². The van der Waals surface area contributed by atoms with Crippen LogP contribution >= 0.6 is 0 Å². The van der Waals surface area contributed by atoms with Gasteiger partial charge in [-0.15, -0.1) is 0 Å². The zero-order chi connectivity index (χ0) is 15.1. The van der Waals surface area contributed by atoms with Gasteiger partial charge in [0.05, 0.1) is 6.61 Å². The lowest BCUT2D eigenvalue weighted by Gasteiger charge is -2.28. The third-order valence-corrected chi connectivity index (χ3v) is 3.93. The predicted molar refractivity (Wildman–Crippen MR) is 83.4 cm³/mol. The molecule has 1 aromatic rings. The highest BCUT2D eigenvalue weighted by Crippen LogP contribution is 2.25. The number of nitrogens with zero attached hydrogens (tertiary/aromatic N) is 2. The molecule has 1 aliphatic carbocycles. The molecular formula is C16H25N3O2. The third kappa shape index (κ3) is 4.17. The Bertz CT molecular complexity index is 459. The van der Waals surface area contributed by atoms with E-state index in [9.17, 15) is 9.90 Å². The van der Waals surface area contributed by atoms with Crippen LogP contribution in [0.4, 0.5) is 5.82 Å². The average Bonchev–Trinajstić information content (AvgIpc) is 3.04. The SMILES string of the molecule is CCCNc1cc(C(=O)N(CCO)C2CCCC2)ccn1. The van der Waals surface area contributed by atoms with Gasteiger partial charge in [0.1, 0.15) is 5.82 Å². The first-order valence-electron chi connectivity index (χ1n) is 7.88. The molecule has 1 fully saturated rings. The zero-order valence-electron chi connectivity index (χ0n) is 12.7. The summed E-state index contributed by atoms with van der Waals surface area (Å²) in [5.41, 5.74) is 0.643. The smallest absolute Gasteiger partial charge is 0.254 e. The van der Waals surface area contributed by atoms with Crippen molar-refractivity contribution in [2.75, 3.05) is 25.0 Å². The summed E-state index contributed by atoms with van der Waals surface area (Å²) in [5, 5.41) is 12.4. The summed E-state index contributed by atoms with van der Waals surface area (Å²) >= 11 is 0. The summed E-state index contributed by atoms with van der Waals surface area (Å²) in [5.74, 6) is 0.732. The predicted octanol–water partition coefficient (Wildman–Crippen LogP) is 2.28. The van der Waals surface area contributed by atoms with E-state index in [0.717, 1.165) is 31.6 Å². The molecule has 5 nitrogen and oxygen atoms in total. The van der Waals surface area contributed by atoms with Crippen LogP contribution in [0.5, 0.6) is 0 Å². The molecular weight excluding hydrogens is 266 g/mol. The molecule has 1 amide bonds. The number of nitrogens with one attached hydrogen (secondary N) is 1. The monoisotopic (exact) mass is 291 g/mol. The lowest BCUT2D eigenvalue weighted by Crippen LogP contribution is -2.40. The van der Waals surface area contributed by atoms with E-state index in [1.807, 2.05) is 4.90 Å². The minimum Gasteiger partial charge on any atom is -0.395 e. The Morgan fingerprint density at radius 2 is 2.24 bits per heavy atom. The Hall–Kier alpha value is -1.62. The molecule has 1 aromatic heterocycles. The first kappa shape index (κ1) is 15.8. The number of aliphatic hydroxyl groups is 1. The molecule has 1 aliphatic rings. The van der Waals surface area contributed by atoms with Crippen LogP contribution in [0.15, 0.2) is 18.3 Å². The number of anilines is 1. The Kier molecular flexibility index (Phi) is 5.99. The Balaban J connectivity index is 2.11. The van der Waals surface area contributed by atoms with Crippen molar-refractivity contribution >= 4 is 11.7 Å². The van der Waals surface area contributed by atoms with Crippen LogP contribution in [0.2, 0.25) is 0 Å². The van der Waals surface area contributed by atoms with E-state index in [1.54, 1.807) is 18.3 Å². The highest BCUT2D eigenvalue weighted by Gasteiger charge is 2.27. The molecule has 0 spiro atoms. The van der Waals surface area contributed by atoms with Gasteiger partial charge in [-0.2, -0.15) is 0 Å². The highest BCUT2D eigenvalue weighted by atomic mass is 16.3. The van der Waals surface area contributed by atoms with E-state index in [1.165, 1.54) is 12.8 Å². The van der Waals surface area contributed by atoms with E-state index in [4.69, 9.17) is 0 Å². The first-order chi connectivity index (χ1) is 10.3. The summed E-state index contributed by atoms with van der Waals surface area (Å²) in [6.45, 7) is 3.34. The van der Waals surface area contributed by atoms with Crippen LogP contribution in [0, 0.1) is 0 Å². The second-order valence-corrected chi connectivity index (χ2v) is 5.52. The quantitative estimate of drug-likeness (QED) is 0.809. The molecule has 2 N–H and O–H groups in total. The van der Waals surface area contributed by atoms with Crippen LogP contribution in [0.3, 0.4) is 0 Å². The van der Waals surface area contributed by atoms with Crippen LogP contribution in [0.25, 0.3) is 0 Å². The average molecular weight is 291 g/mol. The first-order valence-corrected chi connectivity index (χ1v) is 7.88. The molecule has 0 aliphatic heterocycles. The normalized spacial score (nSPS) is 15.1. The lowest BCUT2D eigenvalue weighted by atomic mass is 10.1. The highest BCUT2D eigenvalue weighted by molar-refractivity contribution is 5.95. The second kappa shape index (κ2) is 7.98. The van der Waals surface area contributed by atoms with Crippen molar-refractivity contribution in [2.45, 2.75) is 45.1 Å². The van der Waals surface area contributed by atoms with Crippen molar-refractivity contribution in [3.05, 3.63) is 23.9 Å². The molecule has 5 heteroatoms. The van der Waals surface area contributed by atoms with Crippen molar-refractivity contribution in [1.29, 1.82) is 0 Å². The minimum absolute atomic E-state index is 0.00195. The summed E-state index contributed by atoms with van der Waals surface area (Å²) in [6.07, 6.45) is 7.09. The van der Waals surface area contributed by atoms with Gasteiger partial charge in [-0.25, -0.2) is 4.98 Å². The number of amides is 1. The number of hydrogen-bond donors (Lipinski definition) is 2. The maximum absolute atomic E-state index is 12.7. The summed E-state index contributed by atoms with van der Waals surface area (Å²) in [6, 6.07) is 3.82. The van der Waals surface area contributed by atoms with Gasteiger partial charge >= 0.3 is 0 Å². The van der Waals surface area contributed by atoms with Crippen LogP contribution < -0.4 is 5.32 Å². The molecule has 1 saturated carbocycles. The summed E-state index contributed by atoms with van der Waals surface area (Å²) in [7, 11) is 0. The summed E-state index contributed by atoms with van der Waals surface area (Å²) in [4.78, 5) is 18.8. The zero-order valence-corrected chi connectivity index (χ0v) is 12.7. The number of aromatic nitrogens is 1.